The van der Waals surface area contributed by atoms with E-state index in [1.807, 2.05) is 6.92 Å². The molecule has 7 nitrogen and oxygen atoms in total. The lowest BCUT2D eigenvalue weighted by Crippen LogP contribution is -2.01. The molecule has 3 aromatic rings. The van der Waals surface area contributed by atoms with Crippen LogP contribution in [0.1, 0.15) is 16.1 Å². The van der Waals surface area contributed by atoms with Gasteiger partial charge in [0.25, 0.3) is 0 Å². The number of benzene rings is 1. The minimum Gasteiger partial charge on any atom is -0.465 e. The lowest BCUT2D eigenvalue weighted by Gasteiger charge is -2.06. The number of rotatable bonds is 3. The van der Waals surface area contributed by atoms with Gasteiger partial charge in [0.05, 0.1) is 18.4 Å². The Balaban J connectivity index is 1.90. The molecule has 0 amide bonds. The van der Waals surface area contributed by atoms with Crippen LogP contribution in [0.4, 0.5) is 11.5 Å². The maximum Gasteiger partial charge on any atom is 0.337 e. The summed E-state index contributed by atoms with van der Waals surface area (Å²) in [6.07, 6.45) is 1.48. The summed E-state index contributed by atoms with van der Waals surface area (Å²) in [4.78, 5) is 19.8. The highest BCUT2D eigenvalue weighted by Gasteiger charge is 2.10. The second-order valence-electron chi connectivity index (χ2n) is 4.46. The Labute approximate surface area is 120 Å². The van der Waals surface area contributed by atoms with Gasteiger partial charge in [-0.3, -0.25) is 5.10 Å². The van der Waals surface area contributed by atoms with E-state index >= 15 is 0 Å². The van der Waals surface area contributed by atoms with Crippen LogP contribution in [0.25, 0.3) is 11.0 Å². The van der Waals surface area contributed by atoms with E-state index in [0.717, 1.165) is 16.9 Å². The number of anilines is 2. The summed E-state index contributed by atoms with van der Waals surface area (Å²) in [5, 5.41) is 10.2. The number of aryl methyl sites for hydroxylation is 1. The summed E-state index contributed by atoms with van der Waals surface area (Å²) in [5.74, 6) is 0.240. The van der Waals surface area contributed by atoms with Gasteiger partial charge < -0.3 is 10.1 Å². The van der Waals surface area contributed by atoms with Crippen LogP contribution < -0.4 is 5.32 Å². The summed E-state index contributed by atoms with van der Waals surface area (Å²) in [5.41, 5.74) is 3.62. The average Bonchev–Trinajstić information content (AvgIpc) is 2.90. The average molecular weight is 283 g/mol. The van der Waals surface area contributed by atoms with E-state index in [4.69, 9.17) is 0 Å². The zero-order valence-corrected chi connectivity index (χ0v) is 11.5. The number of hydrogen-bond donors (Lipinski definition) is 2. The molecule has 0 aliphatic heterocycles. The quantitative estimate of drug-likeness (QED) is 0.716. The molecule has 0 saturated heterocycles. The number of carbonyl (C=O) groups is 1. The summed E-state index contributed by atoms with van der Waals surface area (Å²) < 4.78 is 4.66. The van der Waals surface area contributed by atoms with Crippen molar-refractivity contribution in [2.24, 2.45) is 0 Å². The first-order valence-electron chi connectivity index (χ1n) is 6.30. The van der Waals surface area contributed by atoms with Crippen LogP contribution in [0.2, 0.25) is 0 Å². The fraction of sp³-hybridized carbons (Fsp3) is 0.143. The highest BCUT2D eigenvalue weighted by Crippen LogP contribution is 2.22. The molecular weight excluding hydrogens is 270 g/mol. The van der Waals surface area contributed by atoms with Gasteiger partial charge in [-0.25, -0.2) is 14.8 Å². The summed E-state index contributed by atoms with van der Waals surface area (Å²) in [7, 11) is 1.35. The van der Waals surface area contributed by atoms with Crippen molar-refractivity contribution >= 4 is 28.5 Å². The molecule has 2 aromatic heterocycles. The molecule has 2 N–H and O–H groups in total. The van der Waals surface area contributed by atoms with Gasteiger partial charge in [0, 0.05) is 5.69 Å². The first-order valence-corrected chi connectivity index (χ1v) is 6.30. The SMILES string of the molecule is COC(=O)c1ccc(Nc2ncnc3c(C)[nH]nc23)cc1. The third-order valence-electron chi connectivity index (χ3n) is 3.08. The second kappa shape index (κ2) is 5.20. The molecule has 0 radical (unpaired) electrons. The van der Waals surface area contributed by atoms with Gasteiger partial charge in [-0.15, -0.1) is 0 Å². The van der Waals surface area contributed by atoms with E-state index in [9.17, 15) is 4.79 Å². The normalized spacial score (nSPS) is 10.6. The number of esters is 1. The summed E-state index contributed by atoms with van der Waals surface area (Å²) in [6, 6.07) is 6.92. The molecule has 0 spiro atoms. The monoisotopic (exact) mass is 283 g/mol. The summed E-state index contributed by atoms with van der Waals surface area (Å²) >= 11 is 0. The number of hydrogen-bond acceptors (Lipinski definition) is 6. The Bertz CT molecular complexity index is 795. The van der Waals surface area contributed by atoms with E-state index in [2.05, 4.69) is 30.2 Å². The van der Waals surface area contributed by atoms with Crippen LogP contribution >= 0.6 is 0 Å². The molecule has 3 rings (SSSR count). The maximum atomic E-state index is 11.4. The number of fused-ring (bicyclic) bond motifs is 1. The molecular formula is C14H13N5O2. The number of aromatic amines is 1. The third kappa shape index (κ3) is 2.40. The van der Waals surface area contributed by atoms with Crippen molar-refractivity contribution in [3.05, 3.63) is 41.9 Å². The van der Waals surface area contributed by atoms with Crippen molar-refractivity contribution in [3.63, 3.8) is 0 Å². The van der Waals surface area contributed by atoms with Crippen molar-refractivity contribution in [2.75, 3.05) is 12.4 Å². The minimum atomic E-state index is -0.367. The van der Waals surface area contributed by atoms with Gasteiger partial charge >= 0.3 is 5.97 Å². The first-order chi connectivity index (χ1) is 10.2. The number of ether oxygens (including phenoxy) is 1. The van der Waals surface area contributed by atoms with Gasteiger partial charge in [0.15, 0.2) is 11.3 Å². The number of nitrogens with zero attached hydrogens (tertiary/aromatic N) is 3. The number of methoxy groups -OCH3 is 1. The van der Waals surface area contributed by atoms with E-state index < -0.39 is 0 Å². The molecule has 2 heterocycles. The van der Waals surface area contributed by atoms with Crippen LogP contribution in [-0.2, 0) is 4.74 Å². The van der Waals surface area contributed by atoms with Gasteiger partial charge in [0.1, 0.15) is 11.8 Å². The van der Waals surface area contributed by atoms with Gasteiger partial charge in [-0.1, -0.05) is 0 Å². The fourth-order valence-corrected chi connectivity index (χ4v) is 1.99. The van der Waals surface area contributed by atoms with E-state index in [0.29, 0.717) is 16.9 Å². The Kier molecular flexibility index (Phi) is 3.23. The molecule has 1 aromatic carbocycles. The van der Waals surface area contributed by atoms with Crippen LogP contribution in [0.5, 0.6) is 0 Å². The molecule has 0 bridgehead atoms. The first kappa shape index (κ1) is 13.0. The molecule has 0 atom stereocenters. The Morgan fingerprint density at radius 3 is 2.67 bits per heavy atom. The van der Waals surface area contributed by atoms with E-state index in [-0.39, 0.29) is 5.97 Å². The third-order valence-corrected chi connectivity index (χ3v) is 3.08. The Morgan fingerprint density at radius 1 is 1.19 bits per heavy atom. The number of nitrogens with one attached hydrogen (secondary N) is 2. The van der Waals surface area contributed by atoms with Crippen LogP contribution in [-0.4, -0.2) is 33.2 Å². The van der Waals surface area contributed by atoms with Crippen molar-refractivity contribution in [3.8, 4) is 0 Å². The van der Waals surface area contributed by atoms with Gasteiger partial charge in [-0.05, 0) is 31.2 Å². The molecule has 0 unspecified atom stereocenters. The largest absolute Gasteiger partial charge is 0.465 e. The lowest BCUT2D eigenvalue weighted by molar-refractivity contribution is 0.0601. The van der Waals surface area contributed by atoms with Crippen molar-refractivity contribution < 1.29 is 9.53 Å². The highest BCUT2D eigenvalue weighted by molar-refractivity contribution is 5.91. The number of aromatic nitrogens is 4. The Hall–Kier alpha value is -2.96. The van der Waals surface area contributed by atoms with E-state index in [1.165, 1.54) is 13.4 Å². The highest BCUT2D eigenvalue weighted by atomic mass is 16.5. The zero-order chi connectivity index (χ0) is 14.8. The topological polar surface area (TPSA) is 92.8 Å². The van der Waals surface area contributed by atoms with Gasteiger partial charge in [0.2, 0.25) is 0 Å². The van der Waals surface area contributed by atoms with Crippen molar-refractivity contribution in [2.45, 2.75) is 6.92 Å². The zero-order valence-electron chi connectivity index (χ0n) is 11.5. The minimum absolute atomic E-state index is 0.367. The van der Waals surface area contributed by atoms with Crippen LogP contribution in [0.15, 0.2) is 30.6 Å². The smallest absolute Gasteiger partial charge is 0.337 e. The van der Waals surface area contributed by atoms with Crippen LogP contribution in [0, 0.1) is 6.92 Å². The molecule has 0 fully saturated rings. The number of carbonyl (C=O) groups excluding carboxylic acids is 1. The fourth-order valence-electron chi connectivity index (χ4n) is 1.99. The van der Waals surface area contributed by atoms with E-state index in [1.54, 1.807) is 24.3 Å². The lowest BCUT2D eigenvalue weighted by atomic mass is 10.2. The molecule has 7 heteroatoms. The molecule has 21 heavy (non-hydrogen) atoms. The predicted molar refractivity (Wildman–Crippen MR) is 77.5 cm³/mol. The van der Waals surface area contributed by atoms with Crippen molar-refractivity contribution in [1.82, 2.24) is 20.2 Å². The standard InChI is InChI=1S/C14H13N5O2/c1-8-11-12(19-18-8)13(16-7-15-11)17-10-5-3-9(4-6-10)14(20)21-2/h3-7H,1-2H3,(H,18,19)(H,15,16,17). The van der Waals surface area contributed by atoms with Crippen molar-refractivity contribution in [1.29, 1.82) is 0 Å². The van der Waals surface area contributed by atoms with Gasteiger partial charge in [-0.2, -0.15) is 5.10 Å². The summed E-state index contributed by atoms with van der Waals surface area (Å²) in [6.45, 7) is 1.90. The molecule has 0 aliphatic rings. The molecule has 0 aliphatic carbocycles. The van der Waals surface area contributed by atoms with Crippen LogP contribution in [0.3, 0.4) is 0 Å². The second-order valence-corrected chi connectivity index (χ2v) is 4.46. The molecule has 106 valence electrons. The maximum absolute atomic E-state index is 11.4. The Morgan fingerprint density at radius 2 is 1.95 bits per heavy atom. The molecule has 0 saturated carbocycles. The predicted octanol–water partition coefficient (Wildman–Crippen LogP) is 2.19. The number of H-pyrrole nitrogens is 1.